The van der Waals surface area contributed by atoms with Crippen LogP contribution in [0.3, 0.4) is 0 Å². The van der Waals surface area contributed by atoms with E-state index in [0.717, 1.165) is 6.42 Å². The molecule has 0 aliphatic rings. The molecule has 1 aromatic heterocycles. The highest BCUT2D eigenvalue weighted by Gasteiger charge is 2.14. The highest BCUT2D eigenvalue weighted by molar-refractivity contribution is 6.37. The van der Waals surface area contributed by atoms with Crippen LogP contribution in [0, 0.1) is 10.1 Å². The quantitative estimate of drug-likeness (QED) is 0.495. The molecule has 124 valence electrons. The van der Waals surface area contributed by atoms with Crippen LogP contribution in [0.5, 0.6) is 5.75 Å². The van der Waals surface area contributed by atoms with Crippen molar-refractivity contribution in [2.75, 3.05) is 6.61 Å². The fraction of sp³-hybridized carbons (Fsp3) is 0.188. The number of aromatic nitrogens is 2. The van der Waals surface area contributed by atoms with Gasteiger partial charge in [-0.3, -0.25) is 10.1 Å². The number of nitro benzene ring substituents is 1. The Morgan fingerprint density at radius 1 is 1.25 bits per heavy atom. The monoisotopic (exact) mass is 365 g/mol. The number of non-ortho nitro benzene ring substituents is 1. The second kappa shape index (κ2) is 6.67. The minimum Gasteiger partial charge on any atom is -0.490 e. The van der Waals surface area contributed by atoms with Crippen molar-refractivity contribution < 1.29 is 9.66 Å². The minimum atomic E-state index is -0.451. The van der Waals surface area contributed by atoms with E-state index in [9.17, 15) is 10.1 Å². The number of aromatic amines is 1. The molecule has 3 aromatic rings. The molecule has 0 unspecified atom stereocenters. The van der Waals surface area contributed by atoms with Gasteiger partial charge in [-0.1, -0.05) is 30.1 Å². The molecule has 0 atom stereocenters. The Balaban J connectivity index is 2.02. The molecule has 0 amide bonds. The number of hydrogen-bond acceptors (Lipinski definition) is 4. The Labute approximate surface area is 147 Å². The van der Waals surface area contributed by atoms with Crippen LogP contribution >= 0.6 is 23.2 Å². The van der Waals surface area contributed by atoms with Crippen molar-refractivity contribution in [1.82, 2.24) is 9.97 Å². The van der Waals surface area contributed by atoms with Gasteiger partial charge in [0.1, 0.15) is 5.82 Å². The van der Waals surface area contributed by atoms with Gasteiger partial charge in [-0.05, 0) is 24.6 Å². The number of fused-ring (bicyclic) bond motifs is 1. The molecule has 24 heavy (non-hydrogen) atoms. The molecule has 0 fully saturated rings. The number of imidazole rings is 1. The molecule has 0 saturated heterocycles. The molecular formula is C16H13Cl2N3O3. The Bertz CT molecular complexity index is 901. The number of rotatable bonds is 5. The van der Waals surface area contributed by atoms with Crippen molar-refractivity contribution in [1.29, 1.82) is 0 Å². The third-order valence-corrected chi connectivity index (χ3v) is 3.96. The fourth-order valence-electron chi connectivity index (χ4n) is 2.29. The van der Waals surface area contributed by atoms with Crippen molar-refractivity contribution in [2.24, 2.45) is 0 Å². The number of ether oxygens (including phenoxy) is 1. The molecule has 0 aliphatic carbocycles. The van der Waals surface area contributed by atoms with E-state index >= 15 is 0 Å². The molecule has 8 heteroatoms. The maximum absolute atomic E-state index is 10.9. The summed E-state index contributed by atoms with van der Waals surface area (Å²) in [6, 6.07) is 7.84. The number of benzene rings is 2. The molecule has 2 aromatic carbocycles. The zero-order valence-corrected chi connectivity index (χ0v) is 14.2. The highest BCUT2D eigenvalue weighted by atomic mass is 35.5. The Morgan fingerprint density at radius 2 is 1.96 bits per heavy atom. The third-order valence-electron chi connectivity index (χ3n) is 3.40. The SMILES string of the molecule is CCCOc1c(Cl)cc(-c2nc3ccc([N+](=O)[O-])cc3[nH]2)cc1Cl. The van der Waals surface area contributed by atoms with Crippen LogP contribution in [-0.4, -0.2) is 21.5 Å². The fourth-order valence-corrected chi connectivity index (χ4v) is 2.88. The lowest BCUT2D eigenvalue weighted by molar-refractivity contribution is -0.384. The zero-order chi connectivity index (χ0) is 17.3. The van der Waals surface area contributed by atoms with E-state index < -0.39 is 4.92 Å². The van der Waals surface area contributed by atoms with Crippen molar-refractivity contribution in [2.45, 2.75) is 13.3 Å². The van der Waals surface area contributed by atoms with Crippen molar-refractivity contribution in [3.8, 4) is 17.1 Å². The summed E-state index contributed by atoms with van der Waals surface area (Å²) in [5.41, 5.74) is 1.86. The molecule has 1 heterocycles. The van der Waals surface area contributed by atoms with Gasteiger partial charge in [-0.2, -0.15) is 0 Å². The van der Waals surface area contributed by atoms with E-state index in [2.05, 4.69) is 9.97 Å². The van der Waals surface area contributed by atoms with E-state index in [0.29, 0.717) is 44.8 Å². The second-order valence-corrected chi connectivity index (χ2v) is 5.98. The Morgan fingerprint density at radius 3 is 2.58 bits per heavy atom. The summed E-state index contributed by atoms with van der Waals surface area (Å²) in [6.45, 7) is 2.51. The molecule has 0 radical (unpaired) electrons. The number of nitro groups is 1. The normalized spacial score (nSPS) is 11.0. The number of H-pyrrole nitrogens is 1. The van der Waals surface area contributed by atoms with Gasteiger partial charge in [0.15, 0.2) is 5.75 Å². The standard InChI is InChI=1S/C16H13Cl2N3O3/c1-2-5-24-15-11(17)6-9(7-12(15)18)16-19-13-4-3-10(21(22)23)8-14(13)20-16/h3-4,6-8H,2,5H2,1H3,(H,19,20). The molecule has 1 N–H and O–H groups in total. The Kier molecular flexibility index (Phi) is 4.59. The van der Waals surface area contributed by atoms with Gasteiger partial charge in [0.25, 0.3) is 5.69 Å². The first-order valence-corrected chi connectivity index (χ1v) is 8.01. The van der Waals surface area contributed by atoms with Crippen molar-refractivity contribution >= 4 is 39.9 Å². The lowest BCUT2D eigenvalue weighted by Crippen LogP contribution is -1.97. The number of hydrogen-bond donors (Lipinski definition) is 1. The van der Waals surface area contributed by atoms with E-state index in [1.165, 1.54) is 12.1 Å². The molecule has 0 spiro atoms. The van der Waals surface area contributed by atoms with Crippen molar-refractivity contribution in [3.63, 3.8) is 0 Å². The first kappa shape index (κ1) is 16.5. The summed E-state index contributed by atoms with van der Waals surface area (Å²) < 4.78 is 5.54. The van der Waals surface area contributed by atoms with Crippen LogP contribution in [0.25, 0.3) is 22.4 Å². The average Bonchev–Trinajstić information content (AvgIpc) is 2.97. The van der Waals surface area contributed by atoms with Gasteiger partial charge in [0, 0.05) is 17.7 Å². The van der Waals surface area contributed by atoms with E-state index in [1.54, 1.807) is 18.2 Å². The molecule has 0 bridgehead atoms. The summed E-state index contributed by atoms with van der Waals surface area (Å²) >= 11 is 12.5. The van der Waals surface area contributed by atoms with Gasteiger partial charge >= 0.3 is 0 Å². The maximum Gasteiger partial charge on any atom is 0.271 e. The van der Waals surface area contributed by atoms with Crippen LogP contribution in [0.15, 0.2) is 30.3 Å². The largest absolute Gasteiger partial charge is 0.490 e. The Hall–Kier alpha value is -2.31. The van der Waals surface area contributed by atoms with E-state index in [4.69, 9.17) is 27.9 Å². The van der Waals surface area contributed by atoms with E-state index in [1.807, 2.05) is 6.92 Å². The van der Waals surface area contributed by atoms with Gasteiger partial charge in [-0.25, -0.2) is 4.98 Å². The summed E-state index contributed by atoms with van der Waals surface area (Å²) in [4.78, 5) is 17.9. The number of nitrogens with one attached hydrogen (secondary N) is 1. The first-order chi connectivity index (χ1) is 11.5. The number of nitrogens with zero attached hydrogens (tertiary/aromatic N) is 2. The van der Waals surface area contributed by atoms with Gasteiger partial charge in [0.2, 0.25) is 0 Å². The third kappa shape index (κ3) is 3.16. The highest BCUT2D eigenvalue weighted by Crippen LogP contribution is 2.37. The van der Waals surface area contributed by atoms with Gasteiger partial charge in [0.05, 0.1) is 32.6 Å². The lowest BCUT2D eigenvalue weighted by atomic mass is 10.2. The lowest BCUT2D eigenvalue weighted by Gasteiger charge is -2.10. The smallest absolute Gasteiger partial charge is 0.271 e. The topological polar surface area (TPSA) is 81.1 Å². The molecule has 0 aliphatic heterocycles. The van der Waals surface area contributed by atoms with Crippen LogP contribution in [0.2, 0.25) is 10.0 Å². The first-order valence-electron chi connectivity index (χ1n) is 7.26. The van der Waals surface area contributed by atoms with Gasteiger partial charge in [-0.15, -0.1) is 0 Å². The van der Waals surface area contributed by atoms with E-state index in [-0.39, 0.29) is 5.69 Å². The molecule has 0 saturated carbocycles. The predicted molar refractivity (Wildman–Crippen MR) is 94.0 cm³/mol. The summed E-state index contributed by atoms with van der Waals surface area (Å²) in [5.74, 6) is 0.965. The van der Waals surface area contributed by atoms with Crippen LogP contribution in [-0.2, 0) is 0 Å². The van der Waals surface area contributed by atoms with Crippen LogP contribution < -0.4 is 4.74 Å². The average molecular weight is 366 g/mol. The predicted octanol–water partition coefficient (Wildman–Crippen LogP) is 5.23. The number of halogens is 2. The second-order valence-electron chi connectivity index (χ2n) is 5.16. The zero-order valence-electron chi connectivity index (χ0n) is 12.7. The summed E-state index contributed by atoms with van der Waals surface area (Å²) in [6.07, 6.45) is 0.844. The molecule has 6 nitrogen and oxygen atoms in total. The molecule has 3 rings (SSSR count). The summed E-state index contributed by atoms with van der Waals surface area (Å²) in [5, 5.41) is 11.6. The maximum atomic E-state index is 10.9. The van der Waals surface area contributed by atoms with Gasteiger partial charge < -0.3 is 9.72 Å². The minimum absolute atomic E-state index is 0.00271. The van der Waals surface area contributed by atoms with Crippen molar-refractivity contribution in [3.05, 3.63) is 50.5 Å². The van der Waals surface area contributed by atoms with Crippen LogP contribution in [0.1, 0.15) is 13.3 Å². The van der Waals surface area contributed by atoms with Crippen LogP contribution in [0.4, 0.5) is 5.69 Å². The molecular weight excluding hydrogens is 353 g/mol. The summed E-state index contributed by atoms with van der Waals surface area (Å²) in [7, 11) is 0.